The maximum atomic E-state index is 9.93. The zero-order valence-electron chi connectivity index (χ0n) is 8.86. The van der Waals surface area contributed by atoms with Crippen molar-refractivity contribution in [2.45, 2.75) is 63.6 Å². The Balaban J connectivity index is 1.92. The van der Waals surface area contributed by atoms with Crippen LogP contribution < -0.4 is 0 Å². The normalized spacial score (nSPS) is 41.1. The smallest absolute Gasteiger partial charge is 0.0573 e. The Labute approximate surface area is 86.3 Å². The highest BCUT2D eigenvalue weighted by atomic mass is 16.3. The Morgan fingerprint density at radius 3 is 2.21 bits per heavy atom. The van der Waals surface area contributed by atoms with E-state index in [1.165, 1.54) is 32.1 Å². The molecular formula is C12H22O2. The third-order valence-electron chi connectivity index (χ3n) is 4.09. The molecule has 14 heavy (non-hydrogen) atoms. The predicted octanol–water partition coefficient (Wildman–Crippen LogP) is 2.09. The Morgan fingerprint density at radius 1 is 0.786 bits per heavy atom. The van der Waals surface area contributed by atoms with Gasteiger partial charge in [-0.05, 0) is 31.1 Å². The summed E-state index contributed by atoms with van der Waals surface area (Å²) in [6.07, 6.45) is 8.71. The lowest BCUT2D eigenvalue weighted by atomic mass is 9.71. The van der Waals surface area contributed by atoms with Gasteiger partial charge in [-0.25, -0.2) is 0 Å². The minimum Gasteiger partial charge on any atom is -0.393 e. The van der Waals surface area contributed by atoms with E-state index < -0.39 is 0 Å². The summed E-state index contributed by atoms with van der Waals surface area (Å²) in [6.45, 7) is 0. The fraction of sp³-hybridized carbons (Fsp3) is 1.00. The Morgan fingerprint density at radius 2 is 1.50 bits per heavy atom. The van der Waals surface area contributed by atoms with E-state index in [4.69, 9.17) is 0 Å². The van der Waals surface area contributed by atoms with Crippen molar-refractivity contribution in [3.63, 3.8) is 0 Å². The van der Waals surface area contributed by atoms with Gasteiger partial charge in [0.15, 0.2) is 0 Å². The molecule has 2 aliphatic carbocycles. The molecule has 0 bridgehead atoms. The Bertz CT molecular complexity index is 175. The third kappa shape index (κ3) is 2.29. The minimum absolute atomic E-state index is 0.138. The molecule has 0 aromatic carbocycles. The van der Waals surface area contributed by atoms with E-state index in [0.717, 1.165) is 19.3 Å². The molecular weight excluding hydrogens is 176 g/mol. The van der Waals surface area contributed by atoms with Crippen LogP contribution in [0.2, 0.25) is 0 Å². The van der Waals surface area contributed by atoms with Crippen LogP contribution in [0.3, 0.4) is 0 Å². The molecule has 2 fully saturated rings. The summed E-state index contributed by atoms with van der Waals surface area (Å²) < 4.78 is 0. The van der Waals surface area contributed by atoms with Crippen molar-refractivity contribution in [3.8, 4) is 0 Å². The average molecular weight is 198 g/mol. The molecule has 2 aliphatic rings. The first-order chi connectivity index (χ1) is 6.77. The minimum atomic E-state index is -0.148. The lowest BCUT2D eigenvalue weighted by Crippen LogP contribution is -2.37. The van der Waals surface area contributed by atoms with Crippen molar-refractivity contribution in [2.75, 3.05) is 0 Å². The maximum Gasteiger partial charge on any atom is 0.0573 e. The molecule has 2 nitrogen and oxygen atoms in total. The SMILES string of the molecule is OC1CCC(O)C(C2CCCCC2)C1. The van der Waals surface area contributed by atoms with E-state index in [2.05, 4.69) is 0 Å². The Kier molecular flexibility index (Phi) is 3.45. The second-order valence-corrected chi connectivity index (χ2v) is 5.10. The van der Waals surface area contributed by atoms with Crippen molar-refractivity contribution in [1.82, 2.24) is 0 Å². The molecule has 0 saturated heterocycles. The van der Waals surface area contributed by atoms with Gasteiger partial charge in [-0.2, -0.15) is 0 Å². The first-order valence-electron chi connectivity index (χ1n) is 6.13. The van der Waals surface area contributed by atoms with E-state index in [0.29, 0.717) is 11.8 Å². The molecule has 0 amide bonds. The number of hydrogen-bond acceptors (Lipinski definition) is 2. The quantitative estimate of drug-likeness (QED) is 0.677. The van der Waals surface area contributed by atoms with Crippen LogP contribution in [-0.4, -0.2) is 22.4 Å². The molecule has 0 spiro atoms. The second kappa shape index (κ2) is 4.63. The monoisotopic (exact) mass is 198 g/mol. The number of aliphatic hydroxyl groups is 2. The van der Waals surface area contributed by atoms with E-state index in [1.54, 1.807) is 0 Å². The van der Waals surface area contributed by atoms with Gasteiger partial charge in [0.2, 0.25) is 0 Å². The molecule has 0 heterocycles. The van der Waals surface area contributed by atoms with Crippen LogP contribution >= 0.6 is 0 Å². The highest BCUT2D eigenvalue weighted by Gasteiger charge is 2.34. The first-order valence-corrected chi connectivity index (χ1v) is 6.13. The summed E-state index contributed by atoms with van der Waals surface area (Å²) in [5.74, 6) is 1.08. The topological polar surface area (TPSA) is 40.5 Å². The van der Waals surface area contributed by atoms with Gasteiger partial charge in [0.25, 0.3) is 0 Å². The largest absolute Gasteiger partial charge is 0.393 e. The fourth-order valence-corrected chi connectivity index (χ4v) is 3.24. The van der Waals surface area contributed by atoms with Gasteiger partial charge in [0, 0.05) is 0 Å². The molecule has 0 radical (unpaired) electrons. The van der Waals surface area contributed by atoms with Gasteiger partial charge in [0.05, 0.1) is 12.2 Å². The maximum absolute atomic E-state index is 9.93. The van der Waals surface area contributed by atoms with Crippen LogP contribution in [0.25, 0.3) is 0 Å². The van der Waals surface area contributed by atoms with Gasteiger partial charge in [-0.3, -0.25) is 0 Å². The molecule has 2 N–H and O–H groups in total. The number of hydrogen-bond donors (Lipinski definition) is 2. The van der Waals surface area contributed by atoms with Crippen molar-refractivity contribution in [3.05, 3.63) is 0 Å². The van der Waals surface area contributed by atoms with Crippen molar-refractivity contribution in [1.29, 1.82) is 0 Å². The molecule has 2 rings (SSSR count). The molecule has 0 aromatic heterocycles. The first kappa shape index (κ1) is 10.4. The molecule has 3 unspecified atom stereocenters. The highest BCUT2D eigenvalue weighted by Crippen LogP contribution is 2.38. The summed E-state index contributed by atoms with van der Waals surface area (Å²) in [5.41, 5.74) is 0. The second-order valence-electron chi connectivity index (χ2n) is 5.10. The standard InChI is InChI=1S/C12H22O2/c13-10-6-7-12(14)11(8-10)9-4-2-1-3-5-9/h9-14H,1-8H2. The molecule has 82 valence electrons. The average Bonchev–Trinajstić information content (AvgIpc) is 2.23. The molecule has 0 aliphatic heterocycles. The predicted molar refractivity (Wildman–Crippen MR) is 55.9 cm³/mol. The lowest BCUT2D eigenvalue weighted by Gasteiger charge is -2.38. The van der Waals surface area contributed by atoms with Gasteiger partial charge in [0.1, 0.15) is 0 Å². The number of aliphatic hydroxyl groups excluding tert-OH is 2. The lowest BCUT2D eigenvalue weighted by molar-refractivity contribution is -0.0242. The van der Waals surface area contributed by atoms with Gasteiger partial charge >= 0.3 is 0 Å². The van der Waals surface area contributed by atoms with Gasteiger partial charge in [-0.1, -0.05) is 32.1 Å². The van der Waals surface area contributed by atoms with Crippen molar-refractivity contribution >= 4 is 0 Å². The van der Waals surface area contributed by atoms with Crippen LogP contribution in [-0.2, 0) is 0 Å². The van der Waals surface area contributed by atoms with E-state index in [1.807, 2.05) is 0 Å². The molecule has 3 atom stereocenters. The van der Waals surface area contributed by atoms with Crippen LogP contribution in [0.15, 0.2) is 0 Å². The number of rotatable bonds is 1. The van der Waals surface area contributed by atoms with Crippen molar-refractivity contribution < 1.29 is 10.2 Å². The fourth-order valence-electron chi connectivity index (χ4n) is 3.24. The van der Waals surface area contributed by atoms with Gasteiger partial charge in [-0.15, -0.1) is 0 Å². The zero-order valence-corrected chi connectivity index (χ0v) is 8.86. The molecule has 2 saturated carbocycles. The summed E-state index contributed by atoms with van der Waals surface area (Å²) in [5, 5.41) is 19.5. The van der Waals surface area contributed by atoms with E-state index >= 15 is 0 Å². The Hall–Kier alpha value is -0.0800. The summed E-state index contributed by atoms with van der Waals surface area (Å²) in [6, 6.07) is 0. The van der Waals surface area contributed by atoms with Crippen molar-refractivity contribution in [2.24, 2.45) is 11.8 Å². The summed E-state index contributed by atoms with van der Waals surface area (Å²) >= 11 is 0. The van der Waals surface area contributed by atoms with Crippen LogP contribution in [0.4, 0.5) is 0 Å². The summed E-state index contributed by atoms with van der Waals surface area (Å²) in [4.78, 5) is 0. The highest BCUT2D eigenvalue weighted by molar-refractivity contribution is 4.85. The molecule has 0 aromatic rings. The van der Waals surface area contributed by atoms with Gasteiger partial charge < -0.3 is 10.2 Å². The third-order valence-corrected chi connectivity index (χ3v) is 4.09. The van der Waals surface area contributed by atoms with Crippen LogP contribution in [0.1, 0.15) is 51.4 Å². The molecule has 2 heteroatoms. The van der Waals surface area contributed by atoms with E-state index in [-0.39, 0.29) is 12.2 Å². The summed E-state index contributed by atoms with van der Waals surface area (Å²) in [7, 11) is 0. The van der Waals surface area contributed by atoms with Crippen LogP contribution in [0, 0.1) is 11.8 Å². The van der Waals surface area contributed by atoms with E-state index in [9.17, 15) is 10.2 Å². The van der Waals surface area contributed by atoms with Crippen LogP contribution in [0.5, 0.6) is 0 Å². The zero-order chi connectivity index (χ0) is 9.97.